The molecular formula is C75H128O6. The summed E-state index contributed by atoms with van der Waals surface area (Å²) in [5.74, 6) is -0.952. The highest BCUT2D eigenvalue weighted by atomic mass is 16.6. The first-order valence-electron chi connectivity index (χ1n) is 34.4. The quantitative estimate of drug-likeness (QED) is 0.0261. The molecule has 1 unspecified atom stereocenters. The summed E-state index contributed by atoms with van der Waals surface area (Å²) in [5, 5.41) is 0. The van der Waals surface area contributed by atoms with E-state index in [1.807, 2.05) is 0 Å². The van der Waals surface area contributed by atoms with Crippen LogP contribution in [0.2, 0.25) is 0 Å². The van der Waals surface area contributed by atoms with Gasteiger partial charge in [-0.1, -0.05) is 336 Å². The molecule has 0 bridgehead atoms. The van der Waals surface area contributed by atoms with E-state index >= 15 is 0 Å². The lowest BCUT2D eigenvalue weighted by atomic mass is 10.0. The van der Waals surface area contributed by atoms with Crippen molar-refractivity contribution in [1.82, 2.24) is 0 Å². The third kappa shape index (κ3) is 66.8. The maximum atomic E-state index is 12.9. The van der Waals surface area contributed by atoms with Gasteiger partial charge in [0.25, 0.3) is 0 Å². The molecule has 0 aromatic rings. The first-order valence-corrected chi connectivity index (χ1v) is 34.4. The Bertz CT molecular complexity index is 1620. The second-order valence-corrected chi connectivity index (χ2v) is 22.7. The monoisotopic (exact) mass is 1120 g/mol. The van der Waals surface area contributed by atoms with E-state index < -0.39 is 6.10 Å². The zero-order valence-electron chi connectivity index (χ0n) is 53.3. The molecule has 0 saturated carbocycles. The van der Waals surface area contributed by atoms with Crippen LogP contribution in [-0.4, -0.2) is 37.2 Å². The molecule has 0 N–H and O–H groups in total. The summed E-state index contributed by atoms with van der Waals surface area (Å²) in [6, 6.07) is 0. The number of unbranched alkanes of at least 4 members (excludes halogenated alkanes) is 33. The van der Waals surface area contributed by atoms with Crippen LogP contribution < -0.4 is 0 Å². The fourth-order valence-corrected chi connectivity index (χ4v) is 9.68. The molecule has 0 aliphatic carbocycles. The summed E-state index contributed by atoms with van der Waals surface area (Å²) >= 11 is 0. The first kappa shape index (κ1) is 77.1. The third-order valence-corrected chi connectivity index (χ3v) is 14.8. The molecule has 0 aromatic carbocycles. The molecule has 1 atom stereocenters. The standard InChI is InChI=1S/C75H128O6/c1-4-7-10-13-16-18-20-22-24-26-28-30-32-34-36-37-39-40-42-44-46-48-50-52-54-56-59-62-65-68-74(77)80-71-72(70-79-73(76)67-64-61-58-15-12-9-6-3)81-75(78)69-66-63-60-57-55-53-51-49-47-45-43-41-38-35-33-31-29-27-25-23-21-19-17-14-11-8-5-2/h7,10,16,18,22,24,28,30,34,36,39-40,44,46,50,52,56,59,72H,4-6,8-9,11-15,17,19-21,23,25-27,29,31-33,35,37-38,41-43,45,47-49,51,53-55,57-58,60-71H2,1-3H3/b10-7-,18-16-,24-22-,30-28-,36-34-,40-39-,46-44-,52-50-,59-56-. The summed E-state index contributed by atoms with van der Waals surface area (Å²) in [6.45, 7) is 6.47. The van der Waals surface area contributed by atoms with Gasteiger partial charge in [0.2, 0.25) is 0 Å². The minimum atomic E-state index is -0.799. The van der Waals surface area contributed by atoms with Crippen molar-refractivity contribution in [2.45, 2.75) is 335 Å². The fraction of sp³-hybridized carbons (Fsp3) is 0.720. The highest BCUT2D eigenvalue weighted by Gasteiger charge is 2.19. The zero-order chi connectivity index (χ0) is 58.5. The third-order valence-electron chi connectivity index (χ3n) is 14.8. The van der Waals surface area contributed by atoms with Crippen molar-refractivity contribution >= 4 is 17.9 Å². The minimum Gasteiger partial charge on any atom is -0.462 e. The molecule has 0 heterocycles. The number of carbonyl (C=O) groups excluding carboxylic acids is 3. The van der Waals surface area contributed by atoms with Crippen molar-refractivity contribution in [2.75, 3.05) is 13.2 Å². The lowest BCUT2D eigenvalue weighted by Crippen LogP contribution is -2.30. The summed E-state index contributed by atoms with van der Waals surface area (Å²) in [4.78, 5) is 38.1. The molecule has 0 rings (SSSR count). The Morgan fingerprint density at radius 1 is 0.259 bits per heavy atom. The number of ether oxygens (including phenoxy) is 3. The number of carbonyl (C=O) groups is 3. The average molecular weight is 1130 g/mol. The molecule has 0 amide bonds. The zero-order valence-corrected chi connectivity index (χ0v) is 53.3. The predicted molar refractivity (Wildman–Crippen MR) is 353 cm³/mol. The van der Waals surface area contributed by atoms with Crippen LogP contribution in [0.15, 0.2) is 109 Å². The number of rotatable bonds is 62. The SMILES string of the molecule is CC/C=C\C/C=C\C/C=C\C/C=C\C/C=C\C/C=C\C/C=C\C/C=C\C/C=C\CCCC(=O)OCC(COC(=O)CCCCCCCCC)OC(=O)CCCCCCCCCCCCCCCCCCCCCCCCCCCCC. The molecule has 0 fully saturated rings. The van der Waals surface area contributed by atoms with E-state index in [1.54, 1.807) is 0 Å². The summed E-state index contributed by atoms with van der Waals surface area (Å²) < 4.78 is 16.8. The average Bonchev–Trinajstić information content (AvgIpc) is 3.47. The van der Waals surface area contributed by atoms with Gasteiger partial charge in [0.15, 0.2) is 6.10 Å². The number of allylic oxidation sites excluding steroid dienone is 18. The van der Waals surface area contributed by atoms with E-state index in [-0.39, 0.29) is 37.5 Å². The van der Waals surface area contributed by atoms with Gasteiger partial charge in [-0.25, -0.2) is 0 Å². The van der Waals surface area contributed by atoms with Crippen LogP contribution in [-0.2, 0) is 28.6 Å². The molecule has 0 aromatic heterocycles. The van der Waals surface area contributed by atoms with Gasteiger partial charge in [-0.15, -0.1) is 0 Å². The lowest BCUT2D eigenvalue weighted by molar-refractivity contribution is -0.167. The van der Waals surface area contributed by atoms with Gasteiger partial charge in [-0.3, -0.25) is 14.4 Å². The van der Waals surface area contributed by atoms with E-state index in [9.17, 15) is 14.4 Å². The maximum Gasteiger partial charge on any atom is 0.306 e. The Balaban J connectivity index is 4.19. The molecule has 81 heavy (non-hydrogen) atoms. The van der Waals surface area contributed by atoms with Crippen molar-refractivity contribution in [3.63, 3.8) is 0 Å². The minimum absolute atomic E-state index is 0.0938. The summed E-state index contributed by atoms with van der Waals surface area (Å²) in [6.07, 6.45) is 94.4. The van der Waals surface area contributed by atoms with Crippen LogP contribution >= 0.6 is 0 Å². The van der Waals surface area contributed by atoms with Crippen LogP contribution in [0.3, 0.4) is 0 Å². The second kappa shape index (κ2) is 68.6. The highest BCUT2D eigenvalue weighted by Crippen LogP contribution is 2.17. The van der Waals surface area contributed by atoms with E-state index in [0.717, 1.165) is 103 Å². The second-order valence-electron chi connectivity index (χ2n) is 22.7. The number of hydrogen-bond donors (Lipinski definition) is 0. The smallest absolute Gasteiger partial charge is 0.306 e. The van der Waals surface area contributed by atoms with Gasteiger partial charge in [0, 0.05) is 19.3 Å². The van der Waals surface area contributed by atoms with Crippen LogP contribution in [0.1, 0.15) is 329 Å². The highest BCUT2D eigenvalue weighted by molar-refractivity contribution is 5.71. The van der Waals surface area contributed by atoms with Crippen LogP contribution in [0.25, 0.3) is 0 Å². The fourth-order valence-electron chi connectivity index (χ4n) is 9.68. The van der Waals surface area contributed by atoms with Crippen LogP contribution in [0.4, 0.5) is 0 Å². The Morgan fingerprint density at radius 2 is 0.481 bits per heavy atom. The number of hydrogen-bond acceptors (Lipinski definition) is 6. The summed E-state index contributed by atoms with van der Waals surface area (Å²) in [7, 11) is 0. The molecule has 0 spiro atoms. The van der Waals surface area contributed by atoms with E-state index in [2.05, 4.69) is 130 Å². The van der Waals surface area contributed by atoms with Gasteiger partial charge < -0.3 is 14.2 Å². The van der Waals surface area contributed by atoms with E-state index in [4.69, 9.17) is 14.2 Å². The Labute approximate surface area is 501 Å². The van der Waals surface area contributed by atoms with Gasteiger partial charge >= 0.3 is 17.9 Å². The van der Waals surface area contributed by atoms with Crippen molar-refractivity contribution in [1.29, 1.82) is 0 Å². The lowest BCUT2D eigenvalue weighted by Gasteiger charge is -2.18. The molecule has 6 heteroatoms. The molecule has 0 radical (unpaired) electrons. The Hall–Kier alpha value is -3.93. The van der Waals surface area contributed by atoms with Crippen molar-refractivity contribution in [3.05, 3.63) is 109 Å². The predicted octanol–water partition coefficient (Wildman–Crippen LogP) is 23.8. The van der Waals surface area contributed by atoms with E-state index in [1.165, 1.54) is 180 Å². The largest absolute Gasteiger partial charge is 0.462 e. The molecule has 0 saturated heterocycles. The van der Waals surface area contributed by atoms with E-state index in [0.29, 0.717) is 19.3 Å². The normalized spacial score (nSPS) is 12.8. The van der Waals surface area contributed by atoms with Crippen molar-refractivity contribution < 1.29 is 28.6 Å². The molecule has 0 aliphatic heterocycles. The van der Waals surface area contributed by atoms with Gasteiger partial charge in [-0.2, -0.15) is 0 Å². The topological polar surface area (TPSA) is 78.9 Å². The Kier molecular flexibility index (Phi) is 65.2. The maximum absolute atomic E-state index is 12.9. The molecule has 0 aliphatic rings. The Morgan fingerprint density at radius 3 is 0.753 bits per heavy atom. The van der Waals surface area contributed by atoms with Crippen LogP contribution in [0.5, 0.6) is 0 Å². The number of esters is 3. The van der Waals surface area contributed by atoms with Crippen LogP contribution in [0, 0.1) is 0 Å². The first-order chi connectivity index (χ1) is 40.0. The molecular weight excluding hydrogens is 997 g/mol. The van der Waals surface area contributed by atoms with Crippen molar-refractivity contribution in [3.8, 4) is 0 Å². The van der Waals surface area contributed by atoms with Gasteiger partial charge in [-0.05, 0) is 83.5 Å². The van der Waals surface area contributed by atoms with Crippen molar-refractivity contribution in [2.24, 2.45) is 0 Å². The summed E-state index contributed by atoms with van der Waals surface area (Å²) in [5.41, 5.74) is 0. The van der Waals surface area contributed by atoms with Gasteiger partial charge in [0.1, 0.15) is 13.2 Å². The van der Waals surface area contributed by atoms with Gasteiger partial charge in [0.05, 0.1) is 0 Å². The molecule has 464 valence electrons. The molecule has 6 nitrogen and oxygen atoms in total.